The molecular weight excluding hydrogens is 244 g/mol. The summed E-state index contributed by atoms with van der Waals surface area (Å²) in [6, 6.07) is 11.8. The van der Waals surface area contributed by atoms with Gasteiger partial charge in [0.2, 0.25) is 0 Å². The molecule has 1 heterocycles. The molecule has 0 radical (unpaired) electrons. The first kappa shape index (κ1) is 15.5. The number of hydrogen-bond acceptors (Lipinski definition) is 2. The van der Waals surface area contributed by atoms with Crippen LogP contribution in [0.2, 0.25) is 0 Å². The van der Waals surface area contributed by atoms with Gasteiger partial charge in [0.1, 0.15) is 0 Å². The van der Waals surface area contributed by atoms with Gasteiger partial charge in [-0.25, -0.2) is 0 Å². The molecule has 2 heteroatoms. The maximum Gasteiger partial charge on any atom is 0.0171 e. The summed E-state index contributed by atoms with van der Waals surface area (Å²) < 4.78 is 0. The SMILES string of the molecule is CCC1CCCCCN1CC(N)CCc1ccccc1. The Labute approximate surface area is 124 Å². The molecule has 1 aliphatic rings. The van der Waals surface area contributed by atoms with Crippen molar-refractivity contribution in [2.75, 3.05) is 13.1 Å². The molecule has 0 amide bonds. The highest BCUT2D eigenvalue weighted by molar-refractivity contribution is 5.14. The Kier molecular flexibility index (Phi) is 6.55. The monoisotopic (exact) mass is 274 g/mol. The van der Waals surface area contributed by atoms with E-state index in [9.17, 15) is 0 Å². The number of benzene rings is 1. The molecule has 2 nitrogen and oxygen atoms in total. The van der Waals surface area contributed by atoms with E-state index < -0.39 is 0 Å². The molecule has 0 saturated carbocycles. The third-order valence-corrected chi connectivity index (χ3v) is 4.59. The highest BCUT2D eigenvalue weighted by Gasteiger charge is 2.20. The van der Waals surface area contributed by atoms with Crippen LogP contribution in [0.15, 0.2) is 30.3 Å². The number of nitrogens with zero attached hydrogens (tertiary/aromatic N) is 1. The topological polar surface area (TPSA) is 29.3 Å². The fraction of sp³-hybridized carbons (Fsp3) is 0.667. The Hall–Kier alpha value is -0.860. The van der Waals surface area contributed by atoms with Crippen LogP contribution in [0.25, 0.3) is 0 Å². The number of nitrogens with two attached hydrogens (primary N) is 1. The maximum atomic E-state index is 6.38. The molecule has 0 bridgehead atoms. The normalized spacial score (nSPS) is 22.4. The van der Waals surface area contributed by atoms with Crippen LogP contribution < -0.4 is 5.73 Å². The standard InChI is InChI=1S/C18H30N2/c1-2-18-11-7-4-8-14-20(18)15-17(19)13-12-16-9-5-3-6-10-16/h3,5-6,9-10,17-18H,2,4,7-8,11-15,19H2,1H3. The van der Waals surface area contributed by atoms with Crippen LogP contribution in [-0.4, -0.2) is 30.1 Å². The van der Waals surface area contributed by atoms with Gasteiger partial charge in [-0.3, -0.25) is 4.90 Å². The molecule has 2 unspecified atom stereocenters. The Morgan fingerprint density at radius 3 is 2.75 bits per heavy atom. The predicted octanol–water partition coefficient (Wildman–Crippen LogP) is 3.60. The fourth-order valence-corrected chi connectivity index (χ4v) is 3.33. The molecule has 2 rings (SSSR count). The molecule has 1 aromatic carbocycles. The van der Waals surface area contributed by atoms with Crippen LogP contribution in [0.3, 0.4) is 0 Å². The van der Waals surface area contributed by atoms with E-state index in [0.29, 0.717) is 6.04 Å². The number of likely N-dealkylation sites (tertiary alicyclic amines) is 1. The van der Waals surface area contributed by atoms with Crippen LogP contribution in [-0.2, 0) is 6.42 Å². The molecule has 2 N–H and O–H groups in total. The summed E-state index contributed by atoms with van der Waals surface area (Å²) in [7, 11) is 0. The van der Waals surface area contributed by atoms with E-state index in [2.05, 4.69) is 42.2 Å². The Balaban J connectivity index is 1.78. The first-order chi connectivity index (χ1) is 9.79. The second-order valence-electron chi connectivity index (χ2n) is 6.19. The molecule has 20 heavy (non-hydrogen) atoms. The van der Waals surface area contributed by atoms with Crippen molar-refractivity contribution in [3.8, 4) is 0 Å². The van der Waals surface area contributed by atoms with Gasteiger partial charge in [0.25, 0.3) is 0 Å². The van der Waals surface area contributed by atoms with Crippen molar-refractivity contribution in [2.45, 2.75) is 64.0 Å². The summed E-state index contributed by atoms with van der Waals surface area (Å²) in [5.74, 6) is 0. The van der Waals surface area contributed by atoms with Crippen LogP contribution in [0.5, 0.6) is 0 Å². The summed E-state index contributed by atoms with van der Waals surface area (Å²) in [6.45, 7) is 4.64. The van der Waals surface area contributed by atoms with E-state index in [1.807, 2.05) is 0 Å². The van der Waals surface area contributed by atoms with Crippen molar-refractivity contribution >= 4 is 0 Å². The van der Waals surface area contributed by atoms with Gasteiger partial charge in [0.05, 0.1) is 0 Å². The van der Waals surface area contributed by atoms with Gasteiger partial charge in [-0.2, -0.15) is 0 Å². The smallest absolute Gasteiger partial charge is 0.0171 e. The summed E-state index contributed by atoms with van der Waals surface area (Å²) in [5.41, 5.74) is 7.79. The number of aryl methyl sites for hydroxylation is 1. The molecule has 1 fully saturated rings. The lowest BCUT2D eigenvalue weighted by Crippen LogP contribution is -2.43. The predicted molar refractivity (Wildman–Crippen MR) is 86.9 cm³/mol. The van der Waals surface area contributed by atoms with Gasteiger partial charge < -0.3 is 5.73 Å². The fourth-order valence-electron chi connectivity index (χ4n) is 3.33. The second kappa shape index (κ2) is 8.43. The molecule has 1 aliphatic heterocycles. The van der Waals surface area contributed by atoms with Gasteiger partial charge in [0, 0.05) is 18.6 Å². The summed E-state index contributed by atoms with van der Waals surface area (Å²) >= 11 is 0. The quantitative estimate of drug-likeness (QED) is 0.859. The molecule has 0 spiro atoms. The minimum absolute atomic E-state index is 0.308. The number of rotatable bonds is 6. The van der Waals surface area contributed by atoms with Gasteiger partial charge in [-0.1, -0.05) is 50.1 Å². The summed E-state index contributed by atoms with van der Waals surface area (Å²) in [5, 5.41) is 0. The van der Waals surface area contributed by atoms with Crippen molar-refractivity contribution in [2.24, 2.45) is 5.73 Å². The molecule has 1 aromatic rings. The summed E-state index contributed by atoms with van der Waals surface area (Å²) in [6.07, 6.45) is 8.97. The lowest BCUT2D eigenvalue weighted by atomic mass is 10.0. The third kappa shape index (κ3) is 4.92. The van der Waals surface area contributed by atoms with E-state index >= 15 is 0 Å². The lowest BCUT2D eigenvalue weighted by molar-refractivity contribution is 0.181. The van der Waals surface area contributed by atoms with Crippen molar-refractivity contribution in [1.29, 1.82) is 0 Å². The van der Waals surface area contributed by atoms with E-state index in [-0.39, 0.29) is 0 Å². The molecule has 1 saturated heterocycles. The van der Waals surface area contributed by atoms with Gasteiger partial charge >= 0.3 is 0 Å². The zero-order valence-electron chi connectivity index (χ0n) is 12.9. The molecule has 2 atom stereocenters. The van der Waals surface area contributed by atoms with Crippen LogP contribution in [0.4, 0.5) is 0 Å². The lowest BCUT2D eigenvalue weighted by Gasteiger charge is -2.31. The van der Waals surface area contributed by atoms with Gasteiger partial charge in [-0.05, 0) is 44.2 Å². The van der Waals surface area contributed by atoms with E-state index in [1.54, 1.807) is 0 Å². The molecule has 112 valence electrons. The van der Waals surface area contributed by atoms with E-state index in [0.717, 1.165) is 25.4 Å². The van der Waals surface area contributed by atoms with Crippen molar-refractivity contribution in [3.05, 3.63) is 35.9 Å². The maximum absolute atomic E-state index is 6.38. The van der Waals surface area contributed by atoms with Gasteiger partial charge in [-0.15, -0.1) is 0 Å². The molecule has 0 aliphatic carbocycles. The highest BCUT2D eigenvalue weighted by atomic mass is 15.2. The molecule has 0 aromatic heterocycles. The average Bonchev–Trinajstić information content (AvgIpc) is 2.71. The van der Waals surface area contributed by atoms with Gasteiger partial charge in [0.15, 0.2) is 0 Å². The van der Waals surface area contributed by atoms with Crippen LogP contribution >= 0.6 is 0 Å². The minimum atomic E-state index is 0.308. The van der Waals surface area contributed by atoms with E-state index in [4.69, 9.17) is 5.73 Å². The Morgan fingerprint density at radius 1 is 1.20 bits per heavy atom. The third-order valence-electron chi connectivity index (χ3n) is 4.59. The largest absolute Gasteiger partial charge is 0.327 e. The van der Waals surface area contributed by atoms with Crippen molar-refractivity contribution in [3.63, 3.8) is 0 Å². The van der Waals surface area contributed by atoms with Crippen LogP contribution in [0.1, 0.15) is 51.0 Å². The van der Waals surface area contributed by atoms with Crippen molar-refractivity contribution in [1.82, 2.24) is 4.90 Å². The zero-order chi connectivity index (χ0) is 14.2. The summed E-state index contributed by atoms with van der Waals surface area (Å²) in [4.78, 5) is 2.66. The average molecular weight is 274 g/mol. The Bertz CT molecular complexity index is 363. The Morgan fingerprint density at radius 2 is 2.00 bits per heavy atom. The number of hydrogen-bond donors (Lipinski definition) is 1. The second-order valence-corrected chi connectivity index (χ2v) is 6.19. The van der Waals surface area contributed by atoms with Crippen LogP contribution in [0, 0.1) is 0 Å². The van der Waals surface area contributed by atoms with E-state index in [1.165, 1.54) is 44.2 Å². The first-order valence-corrected chi connectivity index (χ1v) is 8.33. The first-order valence-electron chi connectivity index (χ1n) is 8.33. The zero-order valence-corrected chi connectivity index (χ0v) is 12.9. The highest BCUT2D eigenvalue weighted by Crippen LogP contribution is 2.19. The van der Waals surface area contributed by atoms with Crippen molar-refractivity contribution < 1.29 is 0 Å². The minimum Gasteiger partial charge on any atom is -0.327 e. The molecular formula is C18H30N2.